The first-order chi connectivity index (χ1) is 14.4. The summed E-state index contributed by atoms with van der Waals surface area (Å²) in [5, 5.41) is 3.19. The number of rotatable bonds is 3. The predicted octanol–water partition coefficient (Wildman–Crippen LogP) is 4.47. The molecular weight excluding hydrogens is 390 g/mol. The van der Waals surface area contributed by atoms with Crippen LogP contribution in [0.5, 0.6) is 0 Å². The number of carbonyl (C=O) groups excluding carboxylic acids is 2. The van der Waals surface area contributed by atoms with E-state index in [1.807, 2.05) is 20.8 Å². The molecule has 0 spiro atoms. The summed E-state index contributed by atoms with van der Waals surface area (Å²) in [6.45, 7) is 14.6. The second-order valence-electron chi connectivity index (χ2n) is 10.9. The fourth-order valence-corrected chi connectivity index (χ4v) is 4.33. The van der Waals surface area contributed by atoms with Crippen LogP contribution in [0.25, 0.3) is 0 Å². The molecule has 2 fully saturated rings. The van der Waals surface area contributed by atoms with E-state index in [2.05, 4.69) is 55.3 Å². The van der Waals surface area contributed by atoms with Gasteiger partial charge in [-0.05, 0) is 69.6 Å². The maximum atomic E-state index is 12.9. The first-order valence-electron chi connectivity index (χ1n) is 11.6. The van der Waals surface area contributed by atoms with Crippen LogP contribution >= 0.6 is 0 Å². The summed E-state index contributed by atoms with van der Waals surface area (Å²) in [5.41, 5.74) is 2.18. The molecule has 1 N–H and O–H groups in total. The summed E-state index contributed by atoms with van der Waals surface area (Å²) in [6.07, 6.45) is 2.96. The van der Waals surface area contributed by atoms with Gasteiger partial charge >= 0.3 is 6.09 Å². The van der Waals surface area contributed by atoms with E-state index >= 15 is 0 Å². The van der Waals surface area contributed by atoms with Crippen LogP contribution in [-0.2, 0) is 14.9 Å². The number of nitrogens with one attached hydrogen (secondary N) is 1. The maximum absolute atomic E-state index is 12.9. The maximum Gasteiger partial charge on any atom is 0.410 e. The predicted molar refractivity (Wildman–Crippen MR) is 124 cm³/mol. The number of likely N-dealkylation sites (tertiary alicyclic amines) is 1. The summed E-state index contributed by atoms with van der Waals surface area (Å²) in [5.74, 6) is -0.0451. The van der Waals surface area contributed by atoms with E-state index in [-0.39, 0.29) is 17.4 Å². The number of anilines is 1. The summed E-state index contributed by atoms with van der Waals surface area (Å²) < 4.78 is 5.48. The summed E-state index contributed by atoms with van der Waals surface area (Å²) in [7, 11) is 0. The lowest BCUT2D eigenvalue weighted by atomic mass is 9.87. The number of hydrogen-bond acceptors (Lipinski definition) is 4. The molecule has 1 aromatic rings. The number of hydrogen-bond donors (Lipinski definition) is 1. The van der Waals surface area contributed by atoms with Crippen LogP contribution in [0.3, 0.4) is 0 Å². The van der Waals surface area contributed by atoms with Gasteiger partial charge in [0.25, 0.3) is 0 Å². The van der Waals surface area contributed by atoms with Crippen molar-refractivity contribution in [1.82, 2.24) is 10.2 Å². The number of nitrogens with zero attached hydrogens (tertiary/aromatic N) is 2. The molecule has 1 atom stereocenters. The molecule has 0 aliphatic carbocycles. The van der Waals surface area contributed by atoms with E-state index in [0.29, 0.717) is 13.0 Å². The Labute approximate surface area is 187 Å². The van der Waals surface area contributed by atoms with Crippen molar-refractivity contribution in [1.29, 1.82) is 0 Å². The Balaban J connectivity index is 1.51. The van der Waals surface area contributed by atoms with E-state index in [0.717, 1.165) is 32.4 Å². The minimum Gasteiger partial charge on any atom is -0.444 e. The summed E-state index contributed by atoms with van der Waals surface area (Å²) in [4.78, 5) is 29.3. The highest BCUT2D eigenvalue weighted by Gasteiger charge is 2.37. The molecule has 0 radical (unpaired) electrons. The molecule has 2 amide bonds. The van der Waals surface area contributed by atoms with Crippen LogP contribution in [0.2, 0.25) is 0 Å². The van der Waals surface area contributed by atoms with Crippen molar-refractivity contribution in [2.45, 2.75) is 90.3 Å². The number of carbonyl (C=O) groups is 2. The first kappa shape index (κ1) is 23.4. The monoisotopic (exact) mass is 429 g/mol. The third-order valence-corrected chi connectivity index (χ3v) is 6.12. The summed E-state index contributed by atoms with van der Waals surface area (Å²) >= 11 is 0. The molecule has 2 aliphatic rings. The molecule has 1 aromatic carbocycles. The van der Waals surface area contributed by atoms with E-state index in [9.17, 15) is 9.59 Å². The van der Waals surface area contributed by atoms with E-state index in [4.69, 9.17) is 4.74 Å². The highest BCUT2D eigenvalue weighted by molar-refractivity contribution is 5.86. The highest BCUT2D eigenvalue weighted by Crippen LogP contribution is 2.27. The van der Waals surface area contributed by atoms with Gasteiger partial charge in [0, 0.05) is 31.4 Å². The Morgan fingerprint density at radius 2 is 1.55 bits per heavy atom. The molecule has 0 bridgehead atoms. The molecule has 3 rings (SSSR count). The van der Waals surface area contributed by atoms with Crippen molar-refractivity contribution in [2.24, 2.45) is 0 Å². The number of benzene rings is 1. The molecule has 1 unspecified atom stereocenters. The van der Waals surface area contributed by atoms with Gasteiger partial charge in [0.05, 0.1) is 0 Å². The molecule has 0 saturated carbocycles. The van der Waals surface area contributed by atoms with Crippen LogP contribution < -0.4 is 10.2 Å². The lowest BCUT2D eigenvalue weighted by molar-refractivity contribution is -0.126. The minimum atomic E-state index is -0.557. The number of amides is 2. The van der Waals surface area contributed by atoms with E-state index in [1.54, 1.807) is 4.90 Å². The molecule has 6 nitrogen and oxygen atoms in total. The average Bonchev–Trinajstić information content (AvgIpc) is 3.17. The van der Waals surface area contributed by atoms with Crippen LogP contribution in [0.15, 0.2) is 24.3 Å². The van der Waals surface area contributed by atoms with Gasteiger partial charge in [-0.3, -0.25) is 9.69 Å². The van der Waals surface area contributed by atoms with Crippen LogP contribution in [0.1, 0.15) is 72.8 Å². The third kappa shape index (κ3) is 6.14. The van der Waals surface area contributed by atoms with Crippen LogP contribution in [0, 0.1) is 0 Å². The zero-order valence-corrected chi connectivity index (χ0v) is 20.0. The van der Waals surface area contributed by atoms with E-state index < -0.39 is 17.7 Å². The quantitative estimate of drug-likeness (QED) is 0.770. The molecule has 31 heavy (non-hydrogen) atoms. The van der Waals surface area contributed by atoms with Gasteiger partial charge in [-0.1, -0.05) is 32.9 Å². The van der Waals surface area contributed by atoms with Gasteiger partial charge in [-0.2, -0.15) is 0 Å². The molecular formula is C25H39N3O3. The second-order valence-corrected chi connectivity index (χ2v) is 10.9. The average molecular weight is 430 g/mol. The molecule has 0 aromatic heterocycles. The molecule has 2 saturated heterocycles. The molecule has 2 heterocycles. The fourth-order valence-electron chi connectivity index (χ4n) is 4.33. The Kier molecular flexibility index (Phi) is 6.87. The Morgan fingerprint density at radius 3 is 2.10 bits per heavy atom. The fraction of sp³-hybridized carbons (Fsp3) is 0.680. The van der Waals surface area contributed by atoms with Crippen molar-refractivity contribution in [3.8, 4) is 0 Å². The van der Waals surface area contributed by atoms with Crippen LogP contribution in [0.4, 0.5) is 10.5 Å². The van der Waals surface area contributed by atoms with Gasteiger partial charge in [-0.15, -0.1) is 0 Å². The summed E-state index contributed by atoms with van der Waals surface area (Å²) in [6, 6.07) is 8.58. The van der Waals surface area contributed by atoms with Crippen LogP contribution in [-0.4, -0.2) is 54.2 Å². The van der Waals surface area contributed by atoms with Gasteiger partial charge in [0.2, 0.25) is 5.91 Å². The largest absolute Gasteiger partial charge is 0.444 e. The van der Waals surface area contributed by atoms with E-state index in [1.165, 1.54) is 11.3 Å². The molecule has 6 heteroatoms. The lowest BCUT2D eigenvalue weighted by Gasteiger charge is -2.35. The minimum absolute atomic E-state index is 0.0451. The molecule has 2 aliphatic heterocycles. The van der Waals surface area contributed by atoms with Gasteiger partial charge in [-0.25, -0.2) is 4.79 Å². The van der Waals surface area contributed by atoms with Crippen molar-refractivity contribution in [3.05, 3.63) is 29.8 Å². The standard InChI is InChI=1S/C25H39N3O3/c1-24(2,3)18-9-11-20(12-10-18)27-16-13-19(14-17-27)26-22(29)21-8-7-15-28(21)23(30)31-25(4,5)6/h9-12,19,21H,7-8,13-17H2,1-6H3,(H,26,29). The zero-order valence-electron chi connectivity index (χ0n) is 20.0. The Bertz CT molecular complexity index is 769. The number of piperidine rings is 1. The Hall–Kier alpha value is -2.24. The van der Waals surface area contributed by atoms with Crippen molar-refractivity contribution in [2.75, 3.05) is 24.5 Å². The smallest absolute Gasteiger partial charge is 0.410 e. The Morgan fingerprint density at radius 1 is 0.935 bits per heavy atom. The lowest BCUT2D eigenvalue weighted by Crippen LogP contribution is -2.52. The number of ether oxygens (including phenoxy) is 1. The second kappa shape index (κ2) is 9.09. The zero-order chi connectivity index (χ0) is 22.8. The van der Waals surface area contributed by atoms with Gasteiger partial charge < -0.3 is 15.0 Å². The third-order valence-electron chi connectivity index (χ3n) is 6.12. The SMILES string of the molecule is CC(C)(C)OC(=O)N1CCCC1C(=O)NC1CCN(c2ccc(C(C)(C)C)cc2)CC1. The normalized spacial score (nSPS) is 20.6. The van der Waals surface area contributed by atoms with Gasteiger partial charge in [0.1, 0.15) is 11.6 Å². The van der Waals surface area contributed by atoms with Crippen molar-refractivity contribution in [3.63, 3.8) is 0 Å². The van der Waals surface area contributed by atoms with Crippen molar-refractivity contribution < 1.29 is 14.3 Å². The topological polar surface area (TPSA) is 61.9 Å². The highest BCUT2D eigenvalue weighted by atomic mass is 16.6. The van der Waals surface area contributed by atoms with Crippen molar-refractivity contribution >= 4 is 17.7 Å². The first-order valence-corrected chi connectivity index (χ1v) is 11.6. The molecule has 172 valence electrons. The van der Waals surface area contributed by atoms with Gasteiger partial charge in [0.15, 0.2) is 0 Å².